The fraction of sp³-hybridized carbons (Fsp3) is 0.474. The van der Waals surface area contributed by atoms with Crippen LogP contribution in [0.15, 0.2) is 34.9 Å². The number of aryl methyl sites for hydroxylation is 2. The molecule has 0 bridgehead atoms. The molecule has 0 spiro atoms. The van der Waals surface area contributed by atoms with Gasteiger partial charge in [-0.15, -0.1) is 0 Å². The summed E-state index contributed by atoms with van der Waals surface area (Å²) in [5.41, 5.74) is 2.53. The molecule has 0 aliphatic carbocycles. The van der Waals surface area contributed by atoms with Gasteiger partial charge in [0.15, 0.2) is 5.82 Å². The van der Waals surface area contributed by atoms with Crippen LogP contribution >= 0.6 is 0 Å². The van der Waals surface area contributed by atoms with Crippen molar-refractivity contribution in [3.8, 4) is 0 Å². The Morgan fingerprint density at radius 3 is 2.60 bits per heavy atom. The molecule has 2 aromatic rings. The number of anilines is 2. The van der Waals surface area contributed by atoms with Gasteiger partial charge in [0.25, 0.3) is 0 Å². The molecule has 1 fully saturated rings. The minimum atomic E-state index is -0.142. The van der Waals surface area contributed by atoms with Crippen LogP contribution in [0, 0.1) is 13.8 Å². The zero-order valence-corrected chi connectivity index (χ0v) is 15.2. The van der Waals surface area contributed by atoms with Crippen LogP contribution in [0.4, 0.5) is 11.5 Å². The van der Waals surface area contributed by atoms with E-state index in [2.05, 4.69) is 51.5 Å². The highest BCUT2D eigenvalue weighted by Gasteiger charge is 2.28. The zero-order valence-electron chi connectivity index (χ0n) is 15.2. The number of carbonyl (C=O) groups is 1. The van der Waals surface area contributed by atoms with E-state index in [9.17, 15) is 4.79 Å². The first-order chi connectivity index (χ1) is 12.1. The second-order valence-corrected chi connectivity index (χ2v) is 6.60. The molecule has 1 aliphatic rings. The van der Waals surface area contributed by atoms with Crippen LogP contribution in [-0.4, -0.2) is 48.2 Å². The molecule has 1 aromatic heterocycles. The van der Waals surface area contributed by atoms with Gasteiger partial charge < -0.3 is 14.7 Å². The molecular weight excluding hydrogens is 316 g/mol. The minimum Gasteiger partial charge on any atom is -0.369 e. The average molecular weight is 342 g/mol. The van der Waals surface area contributed by atoms with Crippen molar-refractivity contribution in [3.63, 3.8) is 0 Å². The maximum absolute atomic E-state index is 12.6. The van der Waals surface area contributed by atoms with Crippen molar-refractivity contribution in [1.29, 1.82) is 0 Å². The van der Waals surface area contributed by atoms with Gasteiger partial charge in [-0.1, -0.05) is 24.2 Å². The van der Waals surface area contributed by atoms with Gasteiger partial charge in [-0.2, -0.15) is 0 Å². The monoisotopic (exact) mass is 342 g/mol. The molecule has 1 N–H and O–H groups in total. The average Bonchev–Trinajstić information content (AvgIpc) is 3.01. The number of rotatable bonds is 5. The molecule has 0 saturated carbocycles. The highest BCUT2D eigenvalue weighted by molar-refractivity contribution is 5.94. The molecule has 1 aromatic carbocycles. The summed E-state index contributed by atoms with van der Waals surface area (Å²) in [5.74, 6) is 1.16. The Morgan fingerprint density at radius 2 is 2.00 bits per heavy atom. The van der Waals surface area contributed by atoms with Gasteiger partial charge in [0.05, 0.1) is 6.04 Å². The summed E-state index contributed by atoms with van der Waals surface area (Å²) in [5, 5.41) is 6.71. The molecule has 2 heterocycles. The number of benzene rings is 1. The Bertz CT molecular complexity index is 720. The molecule has 3 rings (SSSR count). The normalized spacial score (nSPS) is 16.7. The van der Waals surface area contributed by atoms with Crippen molar-refractivity contribution in [2.24, 2.45) is 0 Å². The highest BCUT2D eigenvalue weighted by atomic mass is 16.5. The first-order valence-electron chi connectivity index (χ1n) is 8.86. The van der Waals surface area contributed by atoms with E-state index in [4.69, 9.17) is 4.52 Å². The molecular formula is C19H26N4O2. The number of carbonyl (C=O) groups excluding carboxylic acids is 1. The molecule has 1 aliphatic heterocycles. The lowest BCUT2D eigenvalue weighted by atomic mass is 10.1. The fourth-order valence-electron chi connectivity index (χ4n) is 3.36. The van der Waals surface area contributed by atoms with E-state index in [1.54, 1.807) is 6.07 Å². The van der Waals surface area contributed by atoms with Crippen LogP contribution in [0.3, 0.4) is 0 Å². The molecule has 6 heteroatoms. The topological polar surface area (TPSA) is 61.6 Å². The summed E-state index contributed by atoms with van der Waals surface area (Å²) in [7, 11) is 0. The fourth-order valence-corrected chi connectivity index (χ4v) is 3.36. The number of piperazine rings is 1. The SMILES string of the molecule is CC[C@H](C(=O)Nc1cc(C)on1)N1CCN(c2cccc(C)c2)CC1. The number of nitrogens with zero attached hydrogens (tertiary/aromatic N) is 3. The Labute approximate surface area is 148 Å². The maximum atomic E-state index is 12.6. The van der Waals surface area contributed by atoms with Crippen molar-refractivity contribution in [2.75, 3.05) is 36.4 Å². The first-order valence-corrected chi connectivity index (χ1v) is 8.86. The molecule has 6 nitrogen and oxygen atoms in total. The molecule has 134 valence electrons. The van der Waals surface area contributed by atoms with Gasteiger partial charge in [0.2, 0.25) is 5.91 Å². The largest absolute Gasteiger partial charge is 0.369 e. The van der Waals surface area contributed by atoms with E-state index in [0.29, 0.717) is 11.6 Å². The number of amides is 1. The minimum absolute atomic E-state index is 0.0141. The van der Waals surface area contributed by atoms with Crippen LogP contribution in [0.2, 0.25) is 0 Å². The van der Waals surface area contributed by atoms with Gasteiger partial charge in [-0.25, -0.2) is 0 Å². The second-order valence-electron chi connectivity index (χ2n) is 6.60. The van der Waals surface area contributed by atoms with E-state index in [1.165, 1.54) is 11.3 Å². The van der Waals surface area contributed by atoms with Gasteiger partial charge in [-0.05, 0) is 38.0 Å². The lowest BCUT2D eigenvalue weighted by Crippen LogP contribution is -2.53. The van der Waals surface area contributed by atoms with Crippen LogP contribution in [0.5, 0.6) is 0 Å². The number of nitrogens with one attached hydrogen (secondary N) is 1. The lowest BCUT2D eigenvalue weighted by molar-refractivity contribution is -0.121. The Kier molecular flexibility index (Phi) is 5.38. The van der Waals surface area contributed by atoms with Gasteiger partial charge in [0, 0.05) is 37.9 Å². The molecule has 1 atom stereocenters. The van der Waals surface area contributed by atoms with E-state index in [-0.39, 0.29) is 11.9 Å². The third kappa shape index (κ3) is 4.20. The Hall–Kier alpha value is -2.34. The summed E-state index contributed by atoms with van der Waals surface area (Å²) in [6.45, 7) is 9.57. The van der Waals surface area contributed by atoms with E-state index < -0.39 is 0 Å². The van der Waals surface area contributed by atoms with E-state index in [1.807, 2.05) is 13.8 Å². The van der Waals surface area contributed by atoms with Crippen molar-refractivity contribution in [3.05, 3.63) is 41.7 Å². The molecule has 0 radical (unpaired) electrons. The van der Waals surface area contributed by atoms with Crippen LogP contribution in [-0.2, 0) is 4.79 Å². The second kappa shape index (κ2) is 7.70. The van der Waals surface area contributed by atoms with Crippen LogP contribution in [0.25, 0.3) is 0 Å². The Morgan fingerprint density at radius 1 is 1.24 bits per heavy atom. The van der Waals surface area contributed by atoms with E-state index >= 15 is 0 Å². The zero-order chi connectivity index (χ0) is 17.8. The first kappa shape index (κ1) is 17.5. The van der Waals surface area contributed by atoms with Gasteiger partial charge >= 0.3 is 0 Å². The summed E-state index contributed by atoms with van der Waals surface area (Å²) in [6, 6.07) is 10.2. The quantitative estimate of drug-likeness (QED) is 0.905. The number of hydrogen-bond donors (Lipinski definition) is 1. The molecule has 1 amide bonds. The van der Waals surface area contributed by atoms with Gasteiger partial charge in [0.1, 0.15) is 5.76 Å². The van der Waals surface area contributed by atoms with Crippen molar-refractivity contribution in [1.82, 2.24) is 10.1 Å². The summed E-state index contributed by atoms with van der Waals surface area (Å²) in [4.78, 5) is 17.2. The maximum Gasteiger partial charge on any atom is 0.242 e. The molecule has 0 unspecified atom stereocenters. The molecule has 25 heavy (non-hydrogen) atoms. The van der Waals surface area contributed by atoms with Crippen molar-refractivity contribution in [2.45, 2.75) is 33.2 Å². The summed E-state index contributed by atoms with van der Waals surface area (Å²) >= 11 is 0. The number of aromatic nitrogens is 1. The Balaban J connectivity index is 1.59. The predicted molar refractivity (Wildman–Crippen MR) is 98.9 cm³/mol. The smallest absolute Gasteiger partial charge is 0.242 e. The van der Waals surface area contributed by atoms with Crippen LogP contribution < -0.4 is 10.2 Å². The van der Waals surface area contributed by atoms with Gasteiger partial charge in [-0.3, -0.25) is 9.69 Å². The predicted octanol–water partition coefficient (Wildman–Crippen LogP) is 2.83. The lowest BCUT2D eigenvalue weighted by Gasteiger charge is -2.39. The van der Waals surface area contributed by atoms with Crippen molar-refractivity contribution >= 4 is 17.4 Å². The molecule has 1 saturated heterocycles. The number of hydrogen-bond acceptors (Lipinski definition) is 5. The third-order valence-electron chi connectivity index (χ3n) is 4.69. The summed E-state index contributed by atoms with van der Waals surface area (Å²) in [6.07, 6.45) is 0.771. The van der Waals surface area contributed by atoms with Crippen molar-refractivity contribution < 1.29 is 9.32 Å². The van der Waals surface area contributed by atoms with E-state index in [0.717, 1.165) is 32.6 Å². The highest BCUT2D eigenvalue weighted by Crippen LogP contribution is 2.20. The standard InChI is InChI=1S/C19H26N4O2/c1-4-17(19(24)20-18-13-15(3)25-21-18)23-10-8-22(9-11-23)16-7-5-6-14(2)12-16/h5-7,12-13,17H,4,8-11H2,1-3H3,(H,20,21,24)/t17-/m1/s1. The summed E-state index contributed by atoms with van der Waals surface area (Å²) < 4.78 is 5.01. The van der Waals surface area contributed by atoms with Crippen LogP contribution in [0.1, 0.15) is 24.7 Å². The third-order valence-corrected chi connectivity index (χ3v) is 4.69.